The van der Waals surface area contributed by atoms with Crippen molar-refractivity contribution < 1.29 is 19.2 Å². The summed E-state index contributed by atoms with van der Waals surface area (Å²) in [6.07, 6.45) is 1.26. The Morgan fingerprint density at radius 2 is 1.94 bits per heavy atom. The highest BCUT2D eigenvalue weighted by Gasteiger charge is 2.18. The number of methoxy groups -OCH3 is 1. The van der Waals surface area contributed by atoms with Crippen molar-refractivity contribution in [3.05, 3.63) is 60.3 Å². The Hall–Kier alpha value is -4.40. The highest BCUT2D eigenvalue weighted by atomic mass is 32.1. The van der Waals surface area contributed by atoms with E-state index in [1.54, 1.807) is 0 Å². The number of thiazole rings is 1. The first kappa shape index (κ1) is 22.8. The van der Waals surface area contributed by atoms with Crippen LogP contribution < -0.4 is 16.1 Å². The second kappa shape index (κ2) is 8.51. The van der Waals surface area contributed by atoms with Crippen molar-refractivity contribution >= 4 is 50.3 Å². The van der Waals surface area contributed by atoms with Crippen molar-refractivity contribution in [3.63, 3.8) is 0 Å². The Balaban J connectivity index is 1.81. The smallest absolute Gasteiger partial charge is 0.332 e. The van der Waals surface area contributed by atoms with Gasteiger partial charge in [-0.2, -0.15) is 4.99 Å². The van der Waals surface area contributed by atoms with Gasteiger partial charge in [-0.3, -0.25) is 33.6 Å². The molecule has 4 rings (SSSR count). The third-order valence-electron chi connectivity index (χ3n) is 5.14. The number of benzene rings is 1. The second-order valence-corrected chi connectivity index (χ2v) is 8.22. The molecular weight excluding hydrogens is 470 g/mol. The van der Waals surface area contributed by atoms with E-state index in [9.17, 15) is 29.3 Å². The van der Waals surface area contributed by atoms with E-state index in [1.165, 1.54) is 59.4 Å². The number of carbonyl (C=O) groups excluding carboxylic acids is 2. The van der Waals surface area contributed by atoms with Crippen molar-refractivity contribution in [3.8, 4) is 0 Å². The zero-order valence-corrected chi connectivity index (χ0v) is 18.9. The second-order valence-electron chi connectivity index (χ2n) is 7.21. The molecule has 0 aliphatic heterocycles. The van der Waals surface area contributed by atoms with Gasteiger partial charge in [0, 0.05) is 26.2 Å². The van der Waals surface area contributed by atoms with Crippen LogP contribution in [0.1, 0.15) is 0 Å². The van der Waals surface area contributed by atoms with E-state index >= 15 is 0 Å². The number of nitro groups is 1. The number of esters is 1. The zero-order chi connectivity index (χ0) is 24.7. The van der Waals surface area contributed by atoms with Gasteiger partial charge in [-0.1, -0.05) is 11.3 Å². The van der Waals surface area contributed by atoms with Gasteiger partial charge < -0.3 is 13.9 Å². The van der Waals surface area contributed by atoms with Gasteiger partial charge in [0.2, 0.25) is 0 Å². The van der Waals surface area contributed by atoms with Gasteiger partial charge in [0.1, 0.15) is 13.1 Å². The predicted molar refractivity (Wildman–Crippen MR) is 119 cm³/mol. The fraction of sp³-hybridized carbons (Fsp3) is 0.263. The highest BCUT2D eigenvalue weighted by Crippen LogP contribution is 2.23. The van der Waals surface area contributed by atoms with Crippen LogP contribution in [0.3, 0.4) is 0 Å². The van der Waals surface area contributed by atoms with Crippen LogP contribution in [0.5, 0.6) is 0 Å². The average Bonchev–Trinajstić information content (AvgIpc) is 3.37. The van der Waals surface area contributed by atoms with Crippen LogP contribution in [-0.4, -0.2) is 47.2 Å². The lowest BCUT2D eigenvalue weighted by Gasteiger charge is -2.05. The number of nitrogens with zero attached hydrogens (tertiary/aromatic N) is 7. The number of aryl methyl sites for hydroxylation is 1. The minimum absolute atomic E-state index is 0.0579. The van der Waals surface area contributed by atoms with Gasteiger partial charge >= 0.3 is 11.7 Å². The molecular formula is C19H17N7O7S. The molecule has 0 unspecified atom stereocenters. The number of rotatable bonds is 5. The molecule has 15 heteroatoms. The van der Waals surface area contributed by atoms with Crippen molar-refractivity contribution in [2.75, 3.05) is 7.11 Å². The summed E-state index contributed by atoms with van der Waals surface area (Å²) in [6.45, 7) is -0.631. The third-order valence-corrected chi connectivity index (χ3v) is 6.18. The highest BCUT2D eigenvalue weighted by molar-refractivity contribution is 7.16. The molecule has 1 aromatic carbocycles. The summed E-state index contributed by atoms with van der Waals surface area (Å²) in [6, 6.07) is 4.07. The Bertz CT molecular complexity index is 1690. The predicted octanol–water partition coefficient (Wildman–Crippen LogP) is -0.341. The Morgan fingerprint density at radius 1 is 1.21 bits per heavy atom. The molecule has 4 aromatic rings. The monoisotopic (exact) mass is 487 g/mol. The quantitative estimate of drug-likeness (QED) is 0.209. The molecule has 0 fully saturated rings. The molecule has 1 amide bonds. The van der Waals surface area contributed by atoms with Gasteiger partial charge in [-0.15, -0.1) is 0 Å². The molecule has 34 heavy (non-hydrogen) atoms. The number of imidazole rings is 1. The summed E-state index contributed by atoms with van der Waals surface area (Å²) in [5.41, 5.74) is -0.675. The fourth-order valence-corrected chi connectivity index (χ4v) is 4.49. The van der Waals surface area contributed by atoms with Crippen LogP contribution in [0.15, 0.2) is 39.1 Å². The maximum Gasteiger partial charge on any atom is 0.332 e. The van der Waals surface area contributed by atoms with Crippen LogP contribution in [0.4, 0.5) is 5.69 Å². The summed E-state index contributed by atoms with van der Waals surface area (Å²) < 4.78 is 9.95. The van der Waals surface area contributed by atoms with Crippen molar-refractivity contribution in [2.24, 2.45) is 19.1 Å². The first-order valence-corrected chi connectivity index (χ1v) is 10.5. The Kier molecular flexibility index (Phi) is 5.70. The largest absolute Gasteiger partial charge is 0.468 e. The molecule has 0 atom stereocenters. The standard InChI is InChI=1S/C19H17N7O7S/c1-22-16-15(17(29)23(2)19(22)30)24(9-20-16)7-13(27)21-18-25(8-14(28)33-3)11-5-4-10(26(31)32)6-12(11)34-18/h4-6,9H,7-8H2,1-3H3. The number of non-ortho nitro benzene ring substituents is 1. The minimum Gasteiger partial charge on any atom is -0.468 e. The Labute approximate surface area is 192 Å². The van der Waals surface area contributed by atoms with Gasteiger partial charge in [-0.25, -0.2) is 9.78 Å². The molecule has 0 radical (unpaired) electrons. The maximum absolute atomic E-state index is 12.8. The fourth-order valence-electron chi connectivity index (χ4n) is 3.41. The van der Waals surface area contributed by atoms with E-state index in [2.05, 4.69) is 9.98 Å². The van der Waals surface area contributed by atoms with Gasteiger partial charge in [-0.05, 0) is 6.07 Å². The number of hydrogen-bond acceptors (Lipinski definition) is 9. The van der Waals surface area contributed by atoms with E-state index in [0.29, 0.717) is 10.2 Å². The van der Waals surface area contributed by atoms with Gasteiger partial charge in [0.05, 0.1) is 28.6 Å². The van der Waals surface area contributed by atoms with Crippen LogP contribution in [0.2, 0.25) is 0 Å². The molecule has 0 aliphatic carbocycles. The molecule has 0 saturated carbocycles. The van der Waals surface area contributed by atoms with E-state index in [0.717, 1.165) is 15.9 Å². The molecule has 176 valence electrons. The number of ether oxygens (including phenoxy) is 1. The van der Waals surface area contributed by atoms with Crippen LogP contribution in [0, 0.1) is 10.1 Å². The number of amides is 1. The molecule has 0 saturated heterocycles. The van der Waals surface area contributed by atoms with Crippen LogP contribution in [0.25, 0.3) is 21.4 Å². The van der Waals surface area contributed by atoms with Crippen molar-refractivity contribution in [1.82, 2.24) is 23.3 Å². The lowest BCUT2D eigenvalue weighted by atomic mass is 10.3. The normalized spacial score (nSPS) is 11.9. The van der Waals surface area contributed by atoms with Crippen molar-refractivity contribution in [1.29, 1.82) is 0 Å². The lowest BCUT2D eigenvalue weighted by molar-refractivity contribution is -0.384. The molecule has 14 nitrogen and oxygen atoms in total. The zero-order valence-electron chi connectivity index (χ0n) is 18.1. The number of aromatic nitrogens is 5. The number of hydrogen-bond donors (Lipinski definition) is 0. The van der Waals surface area contributed by atoms with E-state index in [4.69, 9.17) is 4.74 Å². The van der Waals surface area contributed by atoms with E-state index in [-0.39, 0.29) is 34.7 Å². The van der Waals surface area contributed by atoms with E-state index in [1.807, 2.05) is 0 Å². The first-order chi connectivity index (χ1) is 16.1. The van der Waals surface area contributed by atoms with Crippen LogP contribution >= 0.6 is 11.3 Å². The summed E-state index contributed by atoms with van der Waals surface area (Å²) in [5, 5.41) is 11.1. The molecule has 0 aliphatic rings. The molecule has 0 N–H and O–H groups in total. The average molecular weight is 487 g/mol. The summed E-state index contributed by atoms with van der Waals surface area (Å²) in [4.78, 5) is 68.2. The molecule has 3 aromatic heterocycles. The third kappa shape index (κ3) is 3.81. The number of fused-ring (bicyclic) bond motifs is 2. The molecule has 0 spiro atoms. The van der Waals surface area contributed by atoms with Gasteiger partial charge in [0.25, 0.3) is 17.2 Å². The number of nitro benzene ring substituents is 1. The summed E-state index contributed by atoms with van der Waals surface area (Å²) >= 11 is 0.990. The molecule has 0 bridgehead atoms. The topological polar surface area (TPSA) is 166 Å². The molecule has 3 heterocycles. The van der Waals surface area contributed by atoms with Gasteiger partial charge in [0.15, 0.2) is 16.0 Å². The Morgan fingerprint density at radius 3 is 2.62 bits per heavy atom. The van der Waals surface area contributed by atoms with Crippen molar-refractivity contribution in [2.45, 2.75) is 13.1 Å². The summed E-state index contributed by atoms with van der Waals surface area (Å²) in [7, 11) is 3.99. The van der Waals surface area contributed by atoms with Crippen LogP contribution in [-0.2, 0) is 41.5 Å². The first-order valence-electron chi connectivity index (χ1n) is 9.65. The maximum atomic E-state index is 12.8. The minimum atomic E-state index is -0.671. The SMILES string of the molecule is COC(=O)Cn1c(=NC(=O)Cn2cnc3c2c(=O)n(C)c(=O)n3C)sc2cc([N+](=O)[O-])ccc21. The van der Waals surface area contributed by atoms with E-state index < -0.39 is 28.0 Å². The summed E-state index contributed by atoms with van der Waals surface area (Å²) in [5.74, 6) is -1.27. The number of carbonyl (C=O) groups is 2. The lowest BCUT2D eigenvalue weighted by Crippen LogP contribution is -2.37.